The summed E-state index contributed by atoms with van der Waals surface area (Å²) in [6, 6.07) is 12.5. The molecule has 0 unspecified atom stereocenters. The maximum absolute atomic E-state index is 12.3. The number of hydrogen-bond acceptors (Lipinski definition) is 2. The smallest absolute Gasteiger partial charge is 0.246 e. The van der Waals surface area contributed by atoms with Crippen LogP contribution in [0.15, 0.2) is 52.3 Å². The molecule has 4 heteroatoms. The second-order valence-electron chi connectivity index (χ2n) is 6.77. The van der Waals surface area contributed by atoms with Crippen LogP contribution in [0.1, 0.15) is 36.0 Å². The summed E-state index contributed by atoms with van der Waals surface area (Å²) in [6.45, 7) is 5.89. The van der Waals surface area contributed by atoms with Crippen LogP contribution >= 0.6 is 23.4 Å². The predicted octanol–water partition coefficient (Wildman–Crippen LogP) is 6.13. The highest BCUT2D eigenvalue weighted by Gasteiger charge is 2.14. The normalized spacial score (nSPS) is 14.8. The molecule has 3 rings (SSSR count). The zero-order valence-electron chi connectivity index (χ0n) is 15.3. The quantitative estimate of drug-likeness (QED) is 0.589. The number of hydrogen-bond donors (Lipinski definition) is 0. The molecule has 1 heterocycles. The summed E-state index contributed by atoms with van der Waals surface area (Å²) < 4.78 is 0. The van der Waals surface area contributed by atoms with Gasteiger partial charge in [-0.25, -0.2) is 0 Å². The third-order valence-corrected chi connectivity index (χ3v) is 6.11. The number of benzene rings is 2. The molecule has 0 spiro atoms. The largest absolute Gasteiger partial charge is 0.339 e. The van der Waals surface area contributed by atoms with Crippen LogP contribution in [0.4, 0.5) is 0 Å². The van der Waals surface area contributed by atoms with E-state index in [0.29, 0.717) is 5.02 Å². The summed E-state index contributed by atoms with van der Waals surface area (Å²) in [7, 11) is 0. The van der Waals surface area contributed by atoms with Gasteiger partial charge in [0.15, 0.2) is 0 Å². The average molecular weight is 386 g/mol. The van der Waals surface area contributed by atoms with Gasteiger partial charge in [-0.05, 0) is 74.6 Å². The highest BCUT2D eigenvalue weighted by Crippen LogP contribution is 2.34. The van der Waals surface area contributed by atoms with E-state index in [2.05, 4.69) is 44.2 Å². The van der Waals surface area contributed by atoms with Crippen LogP contribution in [-0.4, -0.2) is 23.9 Å². The van der Waals surface area contributed by atoms with E-state index in [9.17, 15) is 4.79 Å². The van der Waals surface area contributed by atoms with Gasteiger partial charge >= 0.3 is 0 Å². The molecule has 26 heavy (non-hydrogen) atoms. The summed E-state index contributed by atoms with van der Waals surface area (Å²) in [5, 5.41) is 0.674. The van der Waals surface area contributed by atoms with Crippen molar-refractivity contribution in [2.45, 2.75) is 42.9 Å². The van der Waals surface area contributed by atoms with Gasteiger partial charge in [0.25, 0.3) is 0 Å². The van der Waals surface area contributed by atoms with Crippen LogP contribution in [0.5, 0.6) is 0 Å². The van der Waals surface area contributed by atoms with Crippen molar-refractivity contribution in [2.75, 3.05) is 13.1 Å². The van der Waals surface area contributed by atoms with Crippen molar-refractivity contribution in [1.82, 2.24) is 4.90 Å². The van der Waals surface area contributed by atoms with Crippen LogP contribution < -0.4 is 0 Å². The number of carbonyl (C=O) groups is 1. The van der Waals surface area contributed by atoms with Crippen LogP contribution in [0.25, 0.3) is 6.08 Å². The summed E-state index contributed by atoms with van der Waals surface area (Å²) in [5.74, 6) is 0.0801. The van der Waals surface area contributed by atoms with E-state index < -0.39 is 0 Å². The Kier molecular flexibility index (Phi) is 6.44. The van der Waals surface area contributed by atoms with Gasteiger partial charge in [0.05, 0.1) is 0 Å². The fourth-order valence-electron chi connectivity index (χ4n) is 3.04. The van der Waals surface area contributed by atoms with E-state index in [0.717, 1.165) is 42.0 Å². The number of amides is 1. The third kappa shape index (κ3) is 4.93. The second kappa shape index (κ2) is 8.79. The Morgan fingerprint density at radius 2 is 1.77 bits per heavy atom. The first-order chi connectivity index (χ1) is 12.5. The lowest BCUT2D eigenvalue weighted by Crippen LogP contribution is -2.34. The Hall–Kier alpha value is -1.71. The van der Waals surface area contributed by atoms with Gasteiger partial charge in [0.2, 0.25) is 5.91 Å². The summed E-state index contributed by atoms with van der Waals surface area (Å²) in [4.78, 5) is 16.5. The van der Waals surface area contributed by atoms with Gasteiger partial charge in [-0.3, -0.25) is 4.79 Å². The van der Waals surface area contributed by atoms with Gasteiger partial charge < -0.3 is 4.90 Å². The van der Waals surface area contributed by atoms with Crippen molar-refractivity contribution in [3.63, 3.8) is 0 Å². The van der Waals surface area contributed by atoms with Gasteiger partial charge in [0, 0.05) is 34.0 Å². The van der Waals surface area contributed by atoms with Crippen LogP contribution in [-0.2, 0) is 4.79 Å². The number of carbonyl (C=O) groups excluding carboxylic acids is 1. The molecule has 2 aromatic carbocycles. The second-order valence-corrected chi connectivity index (χ2v) is 8.30. The van der Waals surface area contributed by atoms with E-state index in [4.69, 9.17) is 11.6 Å². The molecule has 0 bridgehead atoms. The zero-order chi connectivity index (χ0) is 18.5. The lowest BCUT2D eigenvalue weighted by Gasteiger charge is -2.25. The molecule has 0 aromatic heterocycles. The molecule has 0 radical (unpaired) electrons. The van der Waals surface area contributed by atoms with Crippen LogP contribution in [0.2, 0.25) is 5.02 Å². The molecule has 0 N–H and O–H groups in total. The Morgan fingerprint density at radius 1 is 1.08 bits per heavy atom. The molecule has 1 fully saturated rings. The molecule has 1 saturated heterocycles. The average Bonchev–Trinajstić information content (AvgIpc) is 2.65. The lowest BCUT2D eigenvalue weighted by atomic mass is 10.1. The van der Waals surface area contributed by atoms with E-state index in [1.165, 1.54) is 16.9 Å². The van der Waals surface area contributed by atoms with Gasteiger partial charge in [-0.15, -0.1) is 0 Å². The maximum Gasteiger partial charge on any atom is 0.246 e. The van der Waals surface area contributed by atoms with Crippen LogP contribution in [0.3, 0.4) is 0 Å². The summed E-state index contributed by atoms with van der Waals surface area (Å²) in [6.07, 6.45) is 6.92. The topological polar surface area (TPSA) is 20.3 Å². The molecule has 0 aliphatic carbocycles. The molecule has 2 aromatic rings. The minimum atomic E-state index is 0.0801. The fourth-order valence-corrected chi connectivity index (χ4v) is 4.25. The van der Waals surface area contributed by atoms with Crippen molar-refractivity contribution < 1.29 is 4.79 Å². The standard InChI is InChI=1S/C22H24ClNOS/c1-16-6-9-19(10-7-16)26-21-15-20(23)18(14-17(21)2)8-11-22(25)24-12-4-3-5-13-24/h6-11,14-15H,3-5,12-13H2,1-2H3/b11-8+. The number of halogens is 1. The Balaban J connectivity index is 1.73. The van der Waals surface area contributed by atoms with Crippen molar-refractivity contribution in [1.29, 1.82) is 0 Å². The molecule has 1 aliphatic rings. The highest BCUT2D eigenvalue weighted by atomic mass is 35.5. The Bertz CT molecular complexity index is 808. The first-order valence-electron chi connectivity index (χ1n) is 9.04. The van der Waals surface area contributed by atoms with E-state index in [1.807, 2.05) is 17.0 Å². The number of nitrogens with zero attached hydrogens (tertiary/aromatic N) is 1. The minimum Gasteiger partial charge on any atom is -0.339 e. The first-order valence-corrected chi connectivity index (χ1v) is 10.2. The van der Waals surface area contributed by atoms with Crippen molar-refractivity contribution >= 4 is 35.3 Å². The van der Waals surface area contributed by atoms with E-state index >= 15 is 0 Å². The number of aryl methyl sites for hydroxylation is 2. The molecular formula is C22H24ClNOS. The van der Waals surface area contributed by atoms with Crippen LogP contribution in [0, 0.1) is 13.8 Å². The highest BCUT2D eigenvalue weighted by molar-refractivity contribution is 7.99. The minimum absolute atomic E-state index is 0.0801. The molecule has 0 atom stereocenters. The van der Waals surface area contributed by atoms with Crippen molar-refractivity contribution in [3.8, 4) is 0 Å². The monoisotopic (exact) mass is 385 g/mol. The van der Waals surface area contributed by atoms with Gasteiger partial charge in [-0.2, -0.15) is 0 Å². The maximum atomic E-state index is 12.3. The fraction of sp³-hybridized carbons (Fsp3) is 0.318. The lowest BCUT2D eigenvalue weighted by molar-refractivity contribution is -0.126. The molecule has 136 valence electrons. The Morgan fingerprint density at radius 3 is 2.46 bits per heavy atom. The number of likely N-dealkylation sites (tertiary alicyclic amines) is 1. The molecular weight excluding hydrogens is 362 g/mol. The predicted molar refractivity (Wildman–Crippen MR) is 111 cm³/mol. The third-order valence-electron chi connectivity index (χ3n) is 4.62. The molecule has 2 nitrogen and oxygen atoms in total. The van der Waals surface area contributed by atoms with E-state index in [-0.39, 0.29) is 5.91 Å². The van der Waals surface area contributed by atoms with Gasteiger partial charge in [0.1, 0.15) is 0 Å². The van der Waals surface area contributed by atoms with E-state index in [1.54, 1.807) is 17.8 Å². The summed E-state index contributed by atoms with van der Waals surface area (Å²) >= 11 is 8.18. The van der Waals surface area contributed by atoms with Crippen molar-refractivity contribution in [2.24, 2.45) is 0 Å². The van der Waals surface area contributed by atoms with Gasteiger partial charge in [-0.1, -0.05) is 41.1 Å². The number of rotatable bonds is 4. The zero-order valence-corrected chi connectivity index (χ0v) is 16.9. The Labute approximate surface area is 165 Å². The van der Waals surface area contributed by atoms with Crippen molar-refractivity contribution in [3.05, 3.63) is 64.2 Å². The summed E-state index contributed by atoms with van der Waals surface area (Å²) in [5.41, 5.74) is 3.30. The number of piperidine rings is 1. The molecule has 1 amide bonds. The SMILES string of the molecule is Cc1ccc(Sc2cc(Cl)c(/C=C/C(=O)N3CCCCC3)cc2C)cc1. The molecule has 1 aliphatic heterocycles. The first kappa shape index (κ1) is 19.1. The molecule has 0 saturated carbocycles.